The van der Waals surface area contributed by atoms with Gasteiger partial charge in [-0.1, -0.05) is 30.7 Å². The van der Waals surface area contributed by atoms with Crippen molar-refractivity contribution >= 4 is 11.6 Å². The Hall–Kier alpha value is -1.25. The lowest BCUT2D eigenvalue weighted by atomic mass is 10.1. The van der Waals surface area contributed by atoms with Gasteiger partial charge in [-0.2, -0.15) is 0 Å². The van der Waals surface area contributed by atoms with Crippen LogP contribution in [0.1, 0.15) is 37.4 Å². The molecule has 102 valence electrons. The molecule has 0 amide bonds. The molecular formula is C16H21ClN2. The van der Waals surface area contributed by atoms with E-state index in [2.05, 4.69) is 48.3 Å². The van der Waals surface area contributed by atoms with Crippen LogP contribution in [0.25, 0.3) is 0 Å². The highest BCUT2D eigenvalue weighted by atomic mass is 35.5. The number of hydrogen-bond donors (Lipinski definition) is 1. The molecule has 0 fully saturated rings. The molecular weight excluding hydrogens is 256 g/mol. The fourth-order valence-electron chi connectivity index (χ4n) is 2.16. The van der Waals surface area contributed by atoms with Gasteiger partial charge in [-0.3, -0.25) is 0 Å². The van der Waals surface area contributed by atoms with Crippen LogP contribution in [0.2, 0.25) is 5.02 Å². The summed E-state index contributed by atoms with van der Waals surface area (Å²) in [7, 11) is 0. The molecule has 0 bridgehead atoms. The van der Waals surface area contributed by atoms with Crippen molar-refractivity contribution in [3.8, 4) is 0 Å². The highest BCUT2D eigenvalue weighted by Crippen LogP contribution is 2.17. The van der Waals surface area contributed by atoms with Gasteiger partial charge in [0.05, 0.1) is 0 Å². The molecule has 1 aromatic heterocycles. The zero-order valence-corrected chi connectivity index (χ0v) is 12.3. The van der Waals surface area contributed by atoms with Crippen molar-refractivity contribution in [3.05, 3.63) is 58.9 Å². The normalized spacial score (nSPS) is 12.6. The Balaban J connectivity index is 1.90. The molecule has 0 aliphatic carbocycles. The number of nitrogens with zero attached hydrogens (tertiary/aromatic N) is 1. The predicted octanol–water partition coefficient (Wildman–Crippen LogP) is 4.40. The van der Waals surface area contributed by atoms with E-state index >= 15 is 0 Å². The summed E-state index contributed by atoms with van der Waals surface area (Å²) < 4.78 is 2.24. The Morgan fingerprint density at radius 2 is 2.16 bits per heavy atom. The van der Waals surface area contributed by atoms with Crippen LogP contribution in [0, 0.1) is 0 Å². The van der Waals surface area contributed by atoms with E-state index in [0.717, 1.165) is 18.1 Å². The minimum Gasteiger partial charge on any atom is -0.354 e. The Bertz CT molecular complexity index is 519. The standard InChI is InChI=1S/C16H21ClN2/c1-3-8-19-9-7-14(12-19)11-18-13(2)15-5-4-6-16(17)10-15/h4-7,9-10,12-13,18H,3,8,11H2,1-2H3. The van der Waals surface area contributed by atoms with Crippen LogP contribution < -0.4 is 5.32 Å². The van der Waals surface area contributed by atoms with Gasteiger partial charge >= 0.3 is 0 Å². The monoisotopic (exact) mass is 276 g/mol. The lowest BCUT2D eigenvalue weighted by molar-refractivity contribution is 0.573. The van der Waals surface area contributed by atoms with E-state index < -0.39 is 0 Å². The molecule has 2 nitrogen and oxygen atoms in total. The first kappa shape index (κ1) is 14.2. The average Bonchev–Trinajstić information content (AvgIpc) is 2.84. The zero-order valence-electron chi connectivity index (χ0n) is 11.6. The molecule has 0 aliphatic heterocycles. The Morgan fingerprint density at radius 1 is 1.32 bits per heavy atom. The molecule has 0 saturated carbocycles. The minimum absolute atomic E-state index is 0.299. The van der Waals surface area contributed by atoms with Gasteiger partial charge in [-0.25, -0.2) is 0 Å². The molecule has 0 spiro atoms. The summed E-state index contributed by atoms with van der Waals surface area (Å²) in [5, 5.41) is 4.32. The second-order valence-electron chi connectivity index (χ2n) is 4.92. The van der Waals surface area contributed by atoms with Crippen LogP contribution in [-0.4, -0.2) is 4.57 Å². The van der Waals surface area contributed by atoms with E-state index in [0.29, 0.717) is 6.04 Å². The maximum Gasteiger partial charge on any atom is 0.0409 e. The van der Waals surface area contributed by atoms with Crippen molar-refractivity contribution < 1.29 is 0 Å². The molecule has 1 atom stereocenters. The second-order valence-corrected chi connectivity index (χ2v) is 5.35. The van der Waals surface area contributed by atoms with Gasteiger partial charge in [-0.15, -0.1) is 0 Å². The zero-order chi connectivity index (χ0) is 13.7. The van der Waals surface area contributed by atoms with Crippen molar-refractivity contribution in [2.24, 2.45) is 0 Å². The van der Waals surface area contributed by atoms with E-state index in [-0.39, 0.29) is 0 Å². The van der Waals surface area contributed by atoms with Gasteiger partial charge < -0.3 is 9.88 Å². The molecule has 0 radical (unpaired) electrons. The first-order chi connectivity index (χ1) is 9.19. The summed E-state index contributed by atoms with van der Waals surface area (Å²) in [5.41, 5.74) is 2.54. The fourth-order valence-corrected chi connectivity index (χ4v) is 2.36. The Labute approximate surface area is 120 Å². The number of nitrogens with one attached hydrogen (secondary N) is 1. The third-order valence-electron chi connectivity index (χ3n) is 3.25. The first-order valence-electron chi connectivity index (χ1n) is 6.82. The van der Waals surface area contributed by atoms with Crippen molar-refractivity contribution in [3.63, 3.8) is 0 Å². The summed E-state index contributed by atoms with van der Waals surface area (Å²) in [6.07, 6.45) is 5.52. The first-order valence-corrected chi connectivity index (χ1v) is 7.20. The molecule has 0 aliphatic rings. The lowest BCUT2D eigenvalue weighted by Gasteiger charge is -2.14. The maximum absolute atomic E-state index is 6.01. The fraction of sp³-hybridized carbons (Fsp3) is 0.375. The van der Waals surface area contributed by atoms with Crippen LogP contribution in [0.4, 0.5) is 0 Å². The molecule has 1 N–H and O–H groups in total. The molecule has 3 heteroatoms. The third kappa shape index (κ3) is 4.12. The van der Waals surface area contributed by atoms with E-state index in [9.17, 15) is 0 Å². The molecule has 19 heavy (non-hydrogen) atoms. The van der Waals surface area contributed by atoms with Crippen molar-refractivity contribution in [1.82, 2.24) is 9.88 Å². The average molecular weight is 277 g/mol. The van der Waals surface area contributed by atoms with Gasteiger partial charge in [0.2, 0.25) is 0 Å². The molecule has 1 unspecified atom stereocenters. The summed E-state index contributed by atoms with van der Waals surface area (Å²) in [6.45, 7) is 6.32. The summed E-state index contributed by atoms with van der Waals surface area (Å²) >= 11 is 6.01. The van der Waals surface area contributed by atoms with Gasteiger partial charge in [0, 0.05) is 36.5 Å². The molecule has 1 heterocycles. The minimum atomic E-state index is 0.299. The third-order valence-corrected chi connectivity index (χ3v) is 3.49. The smallest absolute Gasteiger partial charge is 0.0409 e. The number of halogens is 1. The quantitative estimate of drug-likeness (QED) is 0.827. The van der Waals surface area contributed by atoms with E-state index in [4.69, 9.17) is 11.6 Å². The molecule has 2 aromatic rings. The predicted molar refractivity (Wildman–Crippen MR) is 81.4 cm³/mol. The number of rotatable bonds is 6. The van der Waals surface area contributed by atoms with Gasteiger partial charge in [0.15, 0.2) is 0 Å². The summed E-state index contributed by atoms with van der Waals surface area (Å²) in [6, 6.07) is 10.5. The Morgan fingerprint density at radius 3 is 2.89 bits per heavy atom. The lowest BCUT2D eigenvalue weighted by Crippen LogP contribution is -2.17. The van der Waals surface area contributed by atoms with Crippen LogP contribution in [-0.2, 0) is 13.1 Å². The SMILES string of the molecule is CCCn1ccc(CNC(C)c2cccc(Cl)c2)c1. The van der Waals surface area contributed by atoms with Crippen LogP contribution in [0.3, 0.4) is 0 Å². The molecule has 2 rings (SSSR count). The topological polar surface area (TPSA) is 17.0 Å². The van der Waals surface area contributed by atoms with Crippen LogP contribution in [0.15, 0.2) is 42.7 Å². The van der Waals surface area contributed by atoms with Crippen LogP contribution in [0.5, 0.6) is 0 Å². The summed E-state index contributed by atoms with van der Waals surface area (Å²) in [5.74, 6) is 0. The van der Waals surface area contributed by atoms with Crippen molar-refractivity contribution in [2.45, 2.75) is 39.4 Å². The van der Waals surface area contributed by atoms with Crippen molar-refractivity contribution in [1.29, 1.82) is 0 Å². The largest absolute Gasteiger partial charge is 0.354 e. The number of aromatic nitrogens is 1. The highest BCUT2D eigenvalue weighted by Gasteiger charge is 2.05. The molecule has 1 aromatic carbocycles. The Kier molecular flexibility index (Phi) is 5.06. The van der Waals surface area contributed by atoms with Gasteiger partial charge in [-0.05, 0) is 42.7 Å². The van der Waals surface area contributed by atoms with Gasteiger partial charge in [0.25, 0.3) is 0 Å². The summed E-state index contributed by atoms with van der Waals surface area (Å²) in [4.78, 5) is 0. The van der Waals surface area contributed by atoms with Crippen molar-refractivity contribution in [2.75, 3.05) is 0 Å². The van der Waals surface area contributed by atoms with E-state index in [1.807, 2.05) is 18.2 Å². The van der Waals surface area contributed by atoms with E-state index in [1.165, 1.54) is 17.5 Å². The second kappa shape index (κ2) is 6.78. The number of hydrogen-bond acceptors (Lipinski definition) is 1. The maximum atomic E-state index is 6.01. The highest BCUT2D eigenvalue weighted by molar-refractivity contribution is 6.30. The molecule has 0 saturated heterocycles. The number of aryl methyl sites for hydroxylation is 1. The van der Waals surface area contributed by atoms with Gasteiger partial charge in [0.1, 0.15) is 0 Å². The number of benzene rings is 1. The van der Waals surface area contributed by atoms with Crippen LogP contribution >= 0.6 is 11.6 Å². The van der Waals surface area contributed by atoms with E-state index in [1.54, 1.807) is 0 Å².